The van der Waals surface area contributed by atoms with Crippen molar-refractivity contribution >= 4 is 29.1 Å². The normalized spacial score (nSPS) is 18.2. The van der Waals surface area contributed by atoms with Crippen LogP contribution in [0, 0.1) is 5.92 Å². The summed E-state index contributed by atoms with van der Waals surface area (Å²) < 4.78 is 38.1. The maximum Gasteiger partial charge on any atom is 0.471 e. The SMILES string of the molecule is CCN(Cc1cccc(NC(=O)C2CC2c2ccccc2Cl)c1)C(=O)C(F)(F)F. The third-order valence-corrected chi connectivity index (χ3v) is 5.26. The van der Waals surface area contributed by atoms with Crippen LogP contribution in [-0.2, 0) is 16.1 Å². The highest BCUT2D eigenvalue weighted by Gasteiger charge is 2.45. The van der Waals surface area contributed by atoms with Crippen molar-refractivity contribution in [1.29, 1.82) is 0 Å². The molecule has 4 nitrogen and oxygen atoms in total. The lowest BCUT2D eigenvalue weighted by atomic mass is 10.1. The van der Waals surface area contributed by atoms with Gasteiger partial charge < -0.3 is 10.2 Å². The first-order valence-electron chi connectivity index (χ1n) is 9.21. The number of halogens is 4. The number of hydrogen-bond acceptors (Lipinski definition) is 2. The Labute approximate surface area is 171 Å². The van der Waals surface area contributed by atoms with Gasteiger partial charge in [-0.3, -0.25) is 9.59 Å². The molecule has 2 aromatic carbocycles. The Kier molecular flexibility index (Phi) is 6.17. The molecule has 1 aliphatic carbocycles. The summed E-state index contributed by atoms with van der Waals surface area (Å²) in [6.45, 7) is 1.22. The minimum Gasteiger partial charge on any atom is -0.331 e. The van der Waals surface area contributed by atoms with Gasteiger partial charge >= 0.3 is 12.1 Å². The zero-order chi connectivity index (χ0) is 21.2. The molecule has 1 saturated carbocycles. The standard InChI is InChI=1S/C21H20ClF3N2O2/c1-2-27(20(29)21(23,24)25)12-13-6-5-7-14(10-13)26-19(28)17-11-16(17)15-8-3-4-9-18(15)22/h3-10,16-17H,2,11-12H2,1H3,(H,26,28). The van der Waals surface area contributed by atoms with E-state index in [-0.39, 0.29) is 30.8 Å². The summed E-state index contributed by atoms with van der Waals surface area (Å²) in [5.41, 5.74) is 1.92. The molecule has 1 N–H and O–H groups in total. The summed E-state index contributed by atoms with van der Waals surface area (Å²) in [5, 5.41) is 3.44. The lowest BCUT2D eigenvalue weighted by Gasteiger charge is -2.22. The average Bonchev–Trinajstić information content (AvgIpc) is 3.46. The van der Waals surface area contributed by atoms with Crippen LogP contribution in [-0.4, -0.2) is 29.4 Å². The van der Waals surface area contributed by atoms with Gasteiger partial charge in [0.2, 0.25) is 5.91 Å². The average molecular weight is 425 g/mol. The summed E-state index contributed by atoms with van der Waals surface area (Å²) in [6, 6.07) is 13.9. The molecule has 8 heteroatoms. The zero-order valence-electron chi connectivity index (χ0n) is 15.7. The van der Waals surface area contributed by atoms with Gasteiger partial charge in [0.25, 0.3) is 0 Å². The van der Waals surface area contributed by atoms with Crippen LogP contribution in [0.15, 0.2) is 48.5 Å². The van der Waals surface area contributed by atoms with Gasteiger partial charge in [0, 0.05) is 29.7 Å². The summed E-state index contributed by atoms with van der Waals surface area (Å²) in [4.78, 5) is 24.7. The Morgan fingerprint density at radius 1 is 1.17 bits per heavy atom. The molecule has 154 valence electrons. The van der Waals surface area contributed by atoms with Crippen LogP contribution in [0.3, 0.4) is 0 Å². The fraction of sp³-hybridized carbons (Fsp3) is 0.333. The van der Waals surface area contributed by atoms with E-state index in [2.05, 4.69) is 5.32 Å². The second-order valence-electron chi connectivity index (χ2n) is 6.98. The Balaban J connectivity index is 1.64. The number of nitrogens with one attached hydrogen (secondary N) is 1. The molecule has 0 bridgehead atoms. The predicted molar refractivity (Wildman–Crippen MR) is 105 cm³/mol. The molecule has 0 saturated heterocycles. The quantitative estimate of drug-likeness (QED) is 0.710. The van der Waals surface area contributed by atoms with Crippen LogP contribution >= 0.6 is 11.6 Å². The highest BCUT2D eigenvalue weighted by molar-refractivity contribution is 6.31. The van der Waals surface area contributed by atoms with Crippen LogP contribution in [0.1, 0.15) is 30.4 Å². The number of carbonyl (C=O) groups is 2. The first-order chi connectivity index (χ1) is 13.7. The number of amides is 2. The van der Waals surface area contributed by atoms with Gasteiger partial charge in [-0.1, -0.05) is 41.9 Å². The van der Waals surface area contributed by atoms with Gasteiger partial charge in [0.15, 0.2) is 0 Å². The van der Waals surface area contributed by atoms with Gasteiger partial charge in [0.1, 0.15) is 0 Å². The predicted octanol–water partition coefficient (Wildman–Crippen LogP) is 4.99. The van der Waals surface area contributed by atoms with Crippen molar-refractivity contribution in [3.63, 3.8) is 0 Å². The van der Waals surface area contributed by atoms with Crippen molar-refractivity contribution in [2.24, 2.45) is 5.92 Å². The molecule has 3 rings (SSSR count). The van der Waals surface area contributed by atoms with E-state index >= 15 is 0 Å². The molecule has 29 heavy (non-hydrogen) atoms. The second kappa shape index (κ2) is 8.45. The summed E-state index contributed by atoms with van der Waals surface area (Å²) >= 11 is 6.19. The molecule has 2 unspecified atom stereocenters. The summed E-state index contributed by atoms with van der Waals surface area (Å²) in [5.74, 6) is -2.18. The van der Waals surface area contributed by atoms with Crippen LogP contribution in [0.2, 0.25) is 5.02 Å². The van der Waals surface area contributed by atoms with Crippen LogP contribution in [0.4, 0.5) is 18.9 Å². The van der Waals surface area contributed by atoms with Crippen LogP contribution in [0.5, 0.6) is 0 Å². The zero-order valence-corrected chi connectivity index (χ0v) is 16.4. The molecule has 0 aliphatic heterocycles. The smallest absolute Gasteiger partial charge is 0.331 e. The number of nitrogens with zero attached hydrogens (tertiary/aromatic N) is 1. The molecule has 2 atom stereocenters. The minimum absolute atomic E-state index is 0.0619. The lowest BCUT2D eigenvalue weighted by Crippen LogP contribution is -2.40. The molecule has 0 aromatic heterocycles. The Morgan fingerprint density at radius 3 is 2.55 bits per heavy atom. The van der Waals surface area contributed by atoms with E-state index in [9.17, 15) is 22.8 Å². The van der Waals surface area contributed by atoms with Crippen LogP contribution in [0.25, 0.3) is 0 Å². The molecule has 0 heterocycles. The van der Waals surface area contributed by atoms with Crippen molar-refractivity contribution in [3.8, 4) is 0 Å². The van der Waals surface area contributed by atoms with Crippen LogP contribution < -0.4 is 5.32 Å². The van der Waals surface area contributed by atoms with E-state index < -0.39 is 12.1 Å². The number of alkyl halides is 3. The molecule has 1 aliphatic rings. The van der Waals surface area contributed by atoms with Crippen molar-refractivity contribution in [3.05, 3.63) is 64.7 Å². The first-order valence-corrected chi connectivity index (χ1v) is 9.58. The summed E-state index contributed by atoms with van der Waals surface area (Å²) in [6.07, 6.45) is -4.22. The van der Waals surface area contributed by atoms with Crippen molar-refractivity contribution in [1.82, 2.24) is 4.90 Å². The van der Waals surface area contributed by atoms with E-state index in [4.69, 9.17) is 11.6 Å². The third kappa shape index (κ3) is 5.09. The fourth-order valence-corrected chi connectivity index (χ4v) is 3.59. The van der Waals surface area contributed by atoms with E-state index in [0.29, 0.717) is 22.7 Å². The van der Waals surface area contributed by atoms with Gasteiger partial charge in [0.05, 0.1) is 0 Å². The molecule has 0 radical (unpaired) electrons. The first kappa shape index (κ1) is 21.2. The molecule has 1 fully saturated rings. The topological polar surface area (TPSA) is 49.4 Å². The van der Waals surface area contributed by atoms with E-state index in [1.807, 2.05) is 18.2 Å². The highest BCUT2D eigenvalue weighted by atomic mass is 35.5. The fourth-order valence-electron chi connectivity index (χ4n) is 3.31. The number of benzene rings is 2. The van der Waals surface area contributed by atoms with Crippen molar-refractivity contribution < 1.29 is 22.8 Å². The molecule has 2 amide bonds. The monoisotopic (exact) mass is 424 g/mol. The van der Waals surface area contributed by atoms with Crippen molar-refractivity contribution in [2.45, 2.75) is 32.0 Å². The van der Waals surface area contributed by atoms with Gasteiger partial charge in [-0.25, -0.2) is 0 Å². The van der Waals surface area contributed by atoms with Crippen molar-refractivity contribution in [2.75, 3.05) is 11.9 Å². The Morgan fingerprint density at radius 2 is 1.90 bits per heavy atom. The largest absolute Gasteiger partial charge is 0.471 e. The number of hydrogen-bond donors (Lipinski definition) is 1. The molecule has 0 spiro atoms. The molecular weight excluding hydrogens is 405 g/mol. The van der Waals surface area contributed by atoms with Gasteiger partial charge in [-0.15, -0.1) is 0 Å². The highest BCUT2D eigenvalue weighted by Crippen LogP contribution is 2.50. The summed E-state index contributed by atoms with van der Waals surface area (Å²) in [7, 11) is 0. The minimum atomic E-state index is -4.92. The molecular formula is C21H20ClF3N2O2. The van der Waals surface area contributed by atoms with Gasteiger partial charge in [-0.2, -0.15) is 13.2 Å². The molecule has 2 aromatic rings. The number of carbonyl (C=O) groups excluding carboxylic acids is 2. The van der Waals surface area contributed by atoms with E-state index in [0.717, 1.165) is 10.5 Å². The maximum absolute atomic E-state index is 12.7. The Hall–Kier alpha value is -2.54. The van der Waals surface area contributed by atoms with Gasteiger partial charge in [-0.05, 0) is 48.6 Å². The number of anilines is 1. The second-order valence-corrected chi connectivity index (χ2v) is 7.38. The van der Waals surface area contributed by atoms with E-state index in [1.165, 1.54) is 6.92 Å². The maximum atomic E-state index is 12.7. The number of rotatable bonds is 6. The van der Waals surface area contributed by atoms with E-state index in [1.54, 1.807) is 30.3 Å². The lowest BCUT2D eigenvalue weighted by molar-refractivity contribution is -0.185. The third-order valence-electron chi connectivity index (χ3n) is 4.91. The Bertz CT molecular complexity index is 917.